The number of carbonyl (C=O) groups excluding carboxylic acids is 1. The van der Waals surface area contributed by atoms with Crippen molar-refractivity contribution < 1.29 is 4.79 Å². The van der Waals surface area contributed by atoms with E-state index in [2.05, 4.69) is 41.4 Å². The molecule has 0 radical (unpaired) electrons. The number of carbonyl (C=O) groups is 1. The summed E-state index contributed by atoms with van der Waals surface area (Å²) in [6, 6.07) is 16.0. The van der Waals surface area contributed by atoms with Gasteiger partial charge in [0.05, 0.1) is 5.75 Å². The molecular weight excluding hydrogens is 416 g/mol. The highest BCUT2D eigenvalue weighted by molar-refractivity contribution is 7.99. The molecule has 2 aromatic carbocycles. The van der Waals surface area contributed by atoms with Crippen LogP contribution in [0.25, 0.3) is 17.1 Å². The van der Waals surface area contributed by atoms with E-state index in [0.717, 1.165) is 54.6 Å². The Morgan fingerprint density at radius 1 is 1.00 bits per heavy atom. The number of thioether (sulfide) groups is 1. The van der Waals surface area contributed by atoms with Crippen molar-refractivity contribution in [1.82, 2.24) is 19.7 Å². The largest absolute Gasteiger partial charge is 0.342 e. The van der Waals surface area contributed by atoms with Gasteiger partial charge in [0.25, 0.3) is 0 Å². The molecule has 156 valence electrons. The minimum Gasteiger partial charge on any atom is -0.342 e. The van der Waals surface area contributed by atoms with Gasteiger partial charge in [-0.2, -0.15) is 0 Å². The first-order chi connectivity index (χ1) is 14.7. The maximum absolute atomic E-state index is 12.6. The molecular formula is C23H25ClN4OS. The molecule has 0 aliphatic carbocycles. The predicted molar refractivity (Wildman–Crippen MR) is 122 cm³/mol. The van der Waals surface area contributed by atoms with Gasteiger partial charge in [0.15, 0.2) is 11.0 Å². The third-order valence-corrected chi connectivity index (χ3v) is 6.54. The molecule has 2 heterocycles. The average molecular weight is 441 g/mol. The Kier molecular flexibility index (Phi) is 6.75. The molecule has 0 spiro atoms. The van der Waals surface area contributed by atoms with Crippen molar-refractivity contribution in [1.29, 1.82) is 0 Å². The van der Waals surface area contributed by atoms with Crippen LogP contribution in [0, 0.1) is 0 Å². The number of aryl methyl sites for hydroxylation is 1. The summed E-state index contributed by atoms with van der Waals surface area (Å²) in [4.78, 5) is 14.6. The van der Waals surface area contributed by atoms with Gasteiger partial charge in [0.2, 0.25) is 5.91 Å². The highest BCUT2D eigenvalue weighted by atomic mass is 35.5. The second-order valence-corrected chi connectivity index (χ2v) is 8.78. The minimum absolute atomic E-state index is 0.170. The Balaban J connectivity index is 1.63. The molecule has 1 fully saturated rings. The van der Waals surface area contributed by atoms with E-state index in [1.807, 2.05) is 33.7 Å². The fraction of sp³-hybridized carbons (Fsp3) is 0.348. The van der Waals surface area contributed by atoms with E-state index in [0.29, 0.717) is 10.8 Å². The van der Waals surface area contributed by atoms with Crippen LogP contribution in [0.15, 0.2) is 53.7 Å². The summed E-state index contributed by atoms with van der Waals surface area (Å²) in [5.41, 5.74) is 3.19. The first-order valence-corrected chi connectivity index (χ1v) is 11.7. The average Bonchev–Trinajstić information content (AvgIpc) is 3.22. The summed E-state index contributed by atoms with van der Waals surface area (Å²) in [5, 5.41) is 10.3. The first kappa shape index (κ1) is 20.9. The van der Waals surface area contributed by atoms with Crippen LogP contribution in [0.5, 0.6) is 0 Å². The molecule has 4 rings (SSSR count). The third-order valence-electron chi connectivity index (χ3n) is 5.37. The normalized spacial score (nSPS) is 14.1. The maximum atomic E-state index is 12.6. The van der Waals surface area contributed by atoms with Gasteiger partial charge in [0.1, 0.15) is 0 Å². The molecule has 0 saturated carbocycles. The van der Waals surface area contributed by atoms with Crippen molar-refractivity contribution in [2.75, 3.05) is 18.8 Å². The highest BCUT2D eigenvalue weighted by Gasteiger charge is 2.20. The SMILES string of the molecule is CCc1ccc(-n2c(SCC(=O)N3CCCCC3)nnc2-c2ccc(Cl)cc2)cc1. The van der Waals surface area contributed by atoms with Gasteiger partial charge in [-0.05, 0) is 67.6 Å². The third kappa shape index (κ3) is 4.71. The lowest BCUT2D eigenvalue weighted by Gasteiger charge is -2.26. The van der Waals surface area contributed by atoms with Crippen LogP contribution in [-0.4, -0.2) is 44.4 Å². The van der Waals surface area contributed by atoms with Crippen LogP contribution in [0.3, 0.4) is 0 Å². The Morgan fingerprint density at radius 3 is 2.37 bits per heavy atom. The first-order valence-electron chi connectivity index (χ1n) is 10.4. The summed E-state index contributed by atoms with van der Waals surface area (Å²) < 4.78 is 2.02. The van der Waals surface area contributed by atoms with E-state index in [1.54, 1.807) is 0 Å². The molecule has 0 unspecified atom stereocenters. The van der Waals surface area contributed by atoms with E-state index < -0.39 is 0 Å². The summed E-state index contributed by atoms with van der Waals surface area (Å²) in [7, 11) is 0. The van der Waals surface area contributed by atoms with Crippen LogP contribution in [0.4, 0.5) is 0 Å². The molecule has 1 saturated heterocycles. The topological polar surface area (TPSA) is 51.0 Å². The predicted octanol–water partition coefficient (Wildman–Crippen LogP) is 5.25. The molecule has 0 N–H and O–H groups in total. The molecule has 7 heteroatoms. The van der Waals surface area contributed by atoms with Gasteiger partial charge in [-0.3, -0.25) is 9.36 Å². The lowest BCUT2D eigenvalue weighted by Crippen LogP contribution is -2.36. The van der Waals surface area contributed by atoms with E-state index >= 15 is 0 Å². The van der Waals surface area contributed by atoms with Crippen molar-refractivity contribution in [2.24, 2.45) is 0 Å². The standard InChI is InChI=1S/C23H25ClN4OS/c1-2-17-6-12-20(13-7-17)28-22(18-8-10-19(24)11-9-18)25-26-23(28)30-16-21(29)27-14-4-3-5-15-27/h6-13H,2-5,14-16H2,1H3. The molecule has 1 aromatic heterocycles. The minimum atomic E-state index is 0.170. The Bertz CT molecular complexity index is 995. The quantitative estimate of drug-likeness (QED) is 0.491. The van der Waals surface area contributed by atoms with Crippen molar-refractivity contribution in [3.63, 3.8) is 0 Å². The van der Waals surface area contributed by atoms with Gasteiger partial charge in [-0.1, -0.05) is 42.4 Å². The molecule has 3 aromatic rings. The van der Waals surface area contributed by atoms with E-state index in [4.69, 9.17) is 11.6 Å². The summed E-state index contributed by atoms with van der Waals surface area (Å²) in [6.07, 6.45) is 4.38. The van der Waals surface area contributed by atoms with Crippen LogP contribution < -0.4 is 0 Å². The zero-order valence-electron chi connectivity index (χ0n) is 17.1. The van der Waals surface area contributed by atoms with Crippen molar-refractivity contribution in [3.05, 3.63) is 59.1 Å². The lowest BCUT2D eigenvalue weighted by atomic mass is 10.1. The monoisotopic (exact) mass is 440 g/mol. The van der Waals surface area contributed by atoms with Gasteiger partial charge in [0, 0.05) is 29.4 Å². The highest BCUT2D eigenvalue weighted by Crippen LogP contribution is 2.29. The summed E-state index contributed by atoms with van der Waals surface area (Å²) in [5.74, 6) is 1.28. The fourth-order valence-corrected chi connectivity index (χ4v) is 4.60. The van der Waals surface area contributed by atoms with Gasteiger partial charge in [-0.15, -0.1) is 10.2 Å². The Morgan fingerprint density at radius 2 is 1.70 bits per heavy atom. The van der Waals surface area contributed by atoms with E-state index in [-0.39, 0.29) is 5.91 Å². The number of nitrogens with zero attached hydrogens (tertiary/aromatic N) is 4. The Labute approximate surface area is 186 Å². The van der Waals surface area contributed by atoms with Crippen LogP contribution >= 0.6 is 23.4 Å². The molecule has 5 nitrogen and oxygen atoms in total. The van der Waals surface area contributed by atoms with Gasteiger partial charge in [-0.25, -0.2) is 0 Å². The van der Waals surface area contributed by atoms with Crippen LogP contribution in [-0.2, 0) is 11.2 Å². The zero-order valence-corrected chi connectivity index (χ0v) is 18.6. The molecule has 0 atom stereocenters. The number of likely N-dealkylation sites (tertiary alicyclic amines) is 1. The smallest absolute Gasteiger partial charge is 0.233 e. The molecule has 1 aliphatic heterocycles. The van der Waals surface area contributed by atoms with Crippen LogP contribution in [0.2, 0.25) is 5.02 Å². The van der Waals surface area contributed by atoms with Gasteiger partial charge >= 0.3 is 0 Å². The van der Waals surface area contributed by atoms with Crippen molar-refractivity contribution >= 4 is 29.3 Å². The number of amides is 1. The second kappa shape index (κ2) is 9.67. The molecule has 1 amide bonds. The number of aromatic nitrogens is 3. The van der Waals surface area contributed by atoms with Crippen LogP contribution in [0.1, 0.15) is 31.7 Å². The number of hydrogen-bond acceptors (Lipinski definition) is 4. The number of benzene rings is 2. The maximum Gasteiger partial charge on any atom is 0.233 e. The summed E-state index contributed by atoms with van der Waals surface area (Å²) >= 11 is 7.51. The number of rotatable bonds is 6. The Hall–Kier alpha value is -2.31. The number of piperidine rings is 1. The fourth-order valence-electron chi connectivity index (χ4n) is 3.62. The molecule has 30 heavy (non-hydrogen) atoms. The van der Waals surface area contributed by atoms with E-state index in [1.165, 1.54) is 23.7 Å². The molecule has 0 bridgehead atoms. The van der Waals surface area contributed by atoms with Gasteiger partial charge < -0.3 is 4.90 Å². The van der Waals surface area contributed by atoms with E-state index in [9.17, 15) is 4.79 Å². The lowest BCUT2D eigenvalue weighted by molar-refractivity contribution is -0.129. The van der Waals surface area contributed by atoms with Crippen molar-refractivity contribution in [3.8, 4) is 17.1 Å². The number of hydrogen-bond donors (Lipinski definition) is 0. The zero-order chi connectivity index (χ0) is 20.9. The van der Waals surface area contributed by atoms with Crippen molar-refractivity contribution in [2.45, 2.75) is 37.8 Å². The summed E-state index contributed by atoms with van der Waals surface area (Å²) in [6.45, 7) is 3.86. The second-order valence-electron chi connectivity index (χ2n) is 7.40. The molecule has 1 aliphatic rings. The number of halogens is 1.